The number of β-amino-alcohol motifs (C(OH)–C–C–N with tert-alkyl or cyclic N) is 1. The minimum absolute atomic E-state index is 0.00979. The van der Waals surface area contributed by atoms with Crippen LogP contribution in [-0.2, 0) is 0 Å². The number of hydrogen-bond donors (Lipinski definition) is 2. The monoisotopic (exact) mass is 452 g/mol. The summed E-state index contributed by atoms with van der Waals surface area (Å²) in [6.45, 7) is 3.28. The Balaban J connectivity index is 1.21. The smallest absolute Gasteiger partial charge is 0.256 e. The van der Waals surface area contributed by atoms with Crippen molar-refractivity contribution in [1.29, 1.82) is 0 Å². The van der Waals surface area contributed by atoms with Crippen LogP contribution in [0.3, 0.4) is 0 Å². The zero-order chi connectivity index (χ0) is 22.2. The van der Waals surface area contributed by atoms with E-state index in [2.05, 4.69) is 9.88 Å². The second-order valence-corrected chi connectivity index (χ2v) is 8.86. The molecule has 2 atom stereocenters. The number of nitrogens with zero attached hydrogens (tertiary/aromatic N) is 3. The molecule has 3 aromatic rings. The maximum absolute atomic E-state index is 13.1. The van der Waals surface area contributed by atoms with Crippen molar-refractivity contribution in [3.63, 3.8) is 0 Å². The molecule has 2 saturated heterocycles. The molecular weight excluding hydrogens is 428 g/mol. The number of para-hydroxylation sites is 1. The lowest BCUT2D eigenvalue weighted by molar-refractivity contribution is 0.0376. The molecule has 8 heteroatoms. The third-order valence-corrected chi connectivity index (χ3v) is 6.78. The van der Waals surface area contributed by atoms with Crippen LogP contribution in [0.15, 0.2) is 54.7 Å². The number of H-pyrrole nitrogens is 1. The van der Waals surface area contributed by atoms with Gasteiger partial charge in [-0.05, 0) is 30.3 Å². The molecule has 7 nitrogen and oxygen atoms in total. The van der Waals surface area contributed by atoms with Gasteiger partial charge in [0, 0.05) is 67.0 Å². The Morgan fingerprint density at radius 3 is 2.38 bits per heavy atom. The molecule has 0 saturated carbocycles. The number of aromatic amines is 1. The summed E-state index contributed by atoms with van der Waals surface area (Å²) < 4.78 is 0. The van der Waals surface area contributed by atoms with E-state index >= 15 is 0 Å². The van der Waals surface area contributed by atoms with Crippen molar-refractivity contribution in [1.82, 2.24) is 19.7 Å². The van der Waals surface area contributed by atoms with Crippen molar-refractivity contribution in [3.8, 4) is 0 Å². The predicted octanol–water partition coefficient (Wildman–Crippen LogP) is 2.46. The van der Waals surface area contributed by atoms with Gasteiger partial charge in [-0.2, -0.15) is 0 Å². The lowest BCUT2D eigenvalue weighted by atomic mass is 10.1. The first-order chi connectivity index (χ1) is 15.5. The largest absolute Gasteiger partial charge is 0.390 e. The van der Waals surface area contributed by atoms with Gasteiger partial charge in [-0.25, -0.2) is 0 Å². The molecule has 0 spiro atoms. The number of benzene rings is 2. The minimum Gasteiger partial charge on any atom is -0.390 e. The van der Waals surface area contributed by atoms with E-state index in [9.17, 15) is 14.7 Å². The van der Waals surface area contributed by atoms with Crippen LogP contribution in [0.25, 0.3) is 10.9 Å². The molecule has 2 fully saturated rings. The number of carbonyl (C=O) groups excluding carboxylic acids is 2. The Bertz CT molecular complexity index is 1140. The van der Waals surface area contributed by atoms with Crippen LogP contribution in [0.4, 0.5) is 0 Å². The van der Waals surface area contributed by atoms with Crippen LogP contribution < -0.4 is 0 Å². The Morgan fingerprint density at radius 2 is 1.62 bits per heavy atom. The second-order valence-electron chi connectivity index (χ2n) is 8.43. The fourth-order valence-corrected chi connectivity index (χ4v) is 4.87. The average Bonchev–Trinajstić information content (AvgIpc) is 3.42. The molecule has 1 aromatic heterocycles. The average molecular weight is 453 g/mol. The molecule has 0 radical (unpaired) electrons. The Morgan fingerprint density at radius 1 is 0.906 bits per heavy atom. The van der Waals surface area contributed by atoms with Crippen LogP contribution in [0.2, 0.25) is 5.02 Å². The summed E-state index contributed by atoms with van der Waals surface area (Å²) in [4.78, 5) is 34.8. The van der Waals surface area contributed by atoms with Gasteiger partial charge < -0.3 is 19.9 Å². The molecule has 2 aliphatic rings. The van der Waals surface area contributed by atoms with E-state index in [4.69, 9.17) is 11.6 Å². The molecule has 5 rings (SSSR count). The summed E-state index contributed by atoms with van der Waals surface area (Å²) >= 11 is 5.92. The van der Waals surface area contributed by atoms with Gasteiger partial charge in [0.05, 0.1) is 17.7 Å². The maximum Gasteiger partial charge on any atom is 0.256 e. The van der Waals surface area contributed by atoms with E-state index in [0.717, 1.165) is 10.9 Å². The summed E-state index contributed by atoms with van der Waals surface area (Å²) in [5.41, 5.74) is 2.18. The number of piperazine rings is 1. The van der Waals surface area contributed by atoms with Gasteiger partial charge in [0.2, 0.25) is 0 Å². The summed E-state index contributed by atoms with van der Waals surface area (Å²) in [6.07, 6.45) is 1.14. The molecule has 0 unspecified atom stereocenters. The molecular formula is C24H25ClN4O3. The van der Waals surface area contributed by atoms with Crippen molar-refractivity contribution < 1.29 is 14.7 Å². The maximum atomic E-state index is 13.1. The highest BCUT2D eigenvalue weighted by Crippen LogP contribution is 2.24. The van der Waals surface area contributed by atoms with E-state index in [1.807, 2.05) is 29.2 Å². The lowest BCUT2D eigenvalue weighted by Gasteiger charge is -2.38. The van der Waals surface area contributed by atoms with Crippen LogP contribution >= 0.6 is 11.6 Å². The fourth-order valence-electron chi connectivity index (χ4n) is 4.74. The number of hydrogen-bond acceptors (Lipinski definition) is 4. The Hall–Kier alpha value is -2.87. The van der Waals surface area contributed by atoms with Crippen molar-refractivity contribution in [2.75, 3.05) is 39.3 Å². The van der Waals surface area contributed by atoms with Crippen LogP contribution in [0, 0.1) is 0 Å². The van der Waals surface area contributed by atoms with Gasteiger partial charge in [0.1, 0.15) is 0 Å². The minimum atomic E-state index is -0.609. The van der Waals surface area contributed by atoms with Crippen LogP contribution in [-0.4, -0.2) is 88.0 Å². The van der Waals surface area contributed by atoms with Gasteiger partial charge in [0.15, 0.2) is 0 Å². The molecule has 2 amide bonds. The highest BCUT2D eigenvalue weighted by atomic mass is 35.5. The highest BCUT2D eigenvalue weighted by Gasteiger charge is 2.39. The number of carbonyl (C=O) groups is 2. The zero-order valence-electron chi connectivity index (χ0n) is 17.6. The number of fused-ring (bicyclic) bond motifs is 1. The van der Waals surface area contributed by atoms with Crippen molar-refractivity contribution >= 4 is 34.3 Å². The first-order valence-electron chi connectivity index (χ1n) is 10.8. The topological polar surface area (TPSA) is 79.9 Å². The van der Waals surface area contributed by atoms with Crippen LogP contribution in [0.5, 0.6) is 0 Å². The van der Waals surface area contributed by atoms with Gasteiger partial charge in [-0.15, -0.1) is 0 Å². The summed E-state index contributed by atoms with van der Waals surface area (Å²) in [5, 5.41) is 12.2. The van der Waals surface area contributed by atoms with Crippen molar-refractivity contribution in [2.24, 2.45) is 0 Å². The Labute approximate surface area is 191 Å². The van der Waals surface area contributed by atoms with Gasteiger partial charge in [-0.1, -0.05) is 29.8 Å². The lowest BCUT2D eigenvalue weighted by Crippen LogP contribution is -2.54. The quantitative estimate of drug-likeness (QED) is 0.639. The molecule has 32 heavy (non-hydrogen) atoms. The number of halogens is 1. The third kappa shape index (κ3) is 3.88. The first kappa shape index (κ1) is 21.0. The van der Waals surface area contributed by atoms with Gasteiger partial charge in [-0.3, -0.25) is 14.5 Å². The highest BCUT2D eigenvalue weighted by molar-refractivity contribution is 6.30. The molecule has 166 valence electrons. The van der Waals surface area contributed by atoms with Gasteiger partial charge >= 0.3 is 0 Å². The SMILES string of the molecule is O=C(c1ccc(Cl)cc1)N1CCN([C@@H]2CN(C(=O)c3c[nH]c4ccccc34)C[C@H]2O)CC1. The number of aliphatic hydroxyl groups is 1. The fraction of sp³-hybridized carbons (Fsp3) is 0.333. The van der Waals surface area contributed by atoms with Crippen LogP contribution in [0.1, 0.15) is 20.7 Å². The standard InChI is InChI=1S/C24H25ClN4O3/c25-17-7-5-16(6-8-17)23(31)28-11-9-27(10-12-28)21-14-29(15-22(21)30)24(32)19-13-26-20-4-2-1-3-18(19)20/h1-8,13,21-22,26,30H,9-12,14-15H2/t21-,22-/m1/s1. The van der Waals surface area contributed by atoms with E-state index in [1.54, 1.807) is 35.4 Å². The van der Waals surface area contributed by atoms with E-state index in [0.29, 0.717) is 55.4 Å². The number of aliphatic hydroxyl groups excluding tert-OH is 1. The number of nitrogens with one attached hydrogen (secondary N) is 1. The van der Waals surface area contributed by atoms with Crippen molar-refractivity contribution in [3.05, 3.63) is 70.9 Å². The number of amides is 2. The molecule has 0 aliphatic carbocycles. The number of rotatable bonds is 3. The first-order valence-corrected chi connectivity index (χ1v) is 11.2. The molecule has 2 N–H and O–H groups in total. The van der Waals surface area contributed by atoms with Crippen molar-refractivity contribution in [2.45, 2.75) is 12.1 Å². The molecule has 2 aromatic carbocycles. The third-order valence-electron chi connectivity index (χ3n) is 6.53. The van der Waals surface area contributed by atoms with Gasteiger partial charge in [0.25, 0.3) is 11.8 Å². The Kier molecular flexibility index (Phi) is 5.63. The molecule has 0 bridgehead atoms. The van der Waals surface area contributed by atoms with E-state index < -0.39 is 6.10 Å². The number of aromatic nitrogens is 1. The van der Waals surface area contributed by atoms with E-state index in [-0.39, 0.29) is 17.9 Å². The van der Waals surface area contributed by atoms with E-state index in [1.165, 1.54) is 0 Å². The molecule has 2 aliphatic heterocycles. The second kappa shape index (κ2) is 8.58. The zero-order valence-corrected chi connectivity index (χ0v) is 18.3. The predicted molar refractivity (Wildman–Crippen MR) is 123 cm³/mol. The molecule has 3 heterocycles. The summed E-state index contributed by atoms with van der Waals surface area (Å²) in [6, 6.07) is 14.5. The normalized spacial score (nSPS) is 21.9. The summed E-state index contributed by atoms with van der Waals surface area (Å²) in [7, 11) is 0. The summed E-state index contributed by atoms with van der Waals surface area (Å²) in [5.74, 6) is -0.0787. The number of likely N-dealkylation sites (tertiary alicyclic amines) is 1.